The standard InChI is InChI=1S/C14H11BrN2O/c1-8-3-10(6-11(15)4-8)12-5-9(2)17-14(18)13(12)7-16/h3-6H,1-2H3,(H,17,18). The fourth-order valence-corrected chi connectivity index (χ4v) is 2.53. The van der Waals surface area contributed by atoms with Gasteiger partial charge in [-0.1, -0.05) is 22.0 Å². The van der Waals surface area contributed by atoms with Crippen molar-refractivity contribution in [1.29, 1.82) is 5.26 Å². The maximum Gasteiger partial charge on any atom is 0.266 e. The van der Waals surface area contributed by atoms with Gasteiger partial charge in [0.05, 0.1) is 0 Å². The van der Waals surface area contributed by atoms with Gasteiger partial charge in [-0.05, 0) is 43.2 Å². The van der Waals surface area contributed by atoms with E-state index in [0.717, 1.165) is 21.3 Å². The monoisotopic (exact) mass is 302 g/mol. The van der Waals surface area contributed by atoms with Crippen LogP contribution in [0.5, 0.6) is 0 Å². The SMILES string of the molecule is Cc1cc(Br)cc(-c2cc(C)[nH]c(=O)c2C#N)c1. The van der Waals surface area contributed by atoms with Gasteiger partial charge in [0.25, 0.3) is 5.56 Å². The molecule has 90 valence electrons. The van der Waals surface area contributed by atoms with E-state index in [1.807, 2.05) is 37.3 Å². The van der Waals surface area contributed by atoms with Crippen LogP contribution < -0.4 is 5.56 Å². The Morgan fingerprint density at radius 2 is 1.94 bits per heavy atom. The van der Waals surface area contributed by atoms with Crippen LogP contribution in [-0.2, 0) is 0 Å². The van der Waals surface area contributed by atoms with E-state index in [1.165, 1.54) is 0 Å². The van der Waals surface area contributed by atoms with E-state index in [4.69, 9.17) is 5.26 Å². The number of rotatable bonds is 1. The molecule has 1 aromatic heterocycles. The topological polar surface area (TPSA) is 56.6 Å². The zero-order chi connectivity index (χ0) is 13.3. The van der Waals surface area contributed by atoms with Crippen LogP contribution in [0.1, 0.15) is 16.8 Å². The zero-order valence-electron chi connectivity index (χ0n) is 10.0. The third kappa shape index (κ3) is 2.36. The third-order valence-electron chi connectivity index (χ3n) is 2.63. The lowest BCUT2D eigenvalue weighted by molar-refractivity contribution is 1.13. The summed E-state index contributed by atoms with van der Waals surface area (Å²) >= 11 is 3.42. The number of aromatic nitrogens is 1. The van der Waals surface area contributed by atoms with E-state index >= 15 is 0 Å². The van der Waals surface area contributed by atoms with E-state index in [0.29, 0.717) is 5.56 Å². The molecule has 18 heavy (non-hydrogen) atoms. The second-order valence-corrected chi connectivity index (χ2v) is 5.11. The van der Waals surface area contributed by atoms with Crippen molar-refractivity contribution in [2.75, 3.05) is 0 Å². The Kier molecular flexibility index (Phi) is 3.35. The molecule has 0 bridgehead atoms. The first kappa shape index (κ1) is 12.6. The fraction of sp³-hybridized carbons (Fsp3) is 0.143. The highest BCUT2D eigenvalue weighted by Crippen LogP contribution is 2.26. The molecule has 4 heteroatoms. The van der Waals surface area contributed by atoms with E-state index < -0.39 is 0 Å². The molecule has 0 amide bonds. The van der Waals surface area contributed by atoms with Gasteiger partial charge < -0.3 is 4.98 Å². The maximum absolute atomic E-state index is 11.7. The Balaban J connectivity index is 2.78. The number of halogens is 1. The first-order valence-corrected chi connectivity index (χ1v) is 6.22. The first-order chi connectivity index (χ1) is 8.51. The molecule has 0 aliphatic heterocycles. The number of hydrogen-bond donors (Lipinski definition) is 1. The van der Waals surface area contributed by atoms with Crippen molar-refractivity contribution < 1.29 is 0 Å². The summed E-state index contributed by atoms with van der Waals surface area (Å²) in [5, 5.41) is 9.11. The molecule has 0 saturated heterocycles. The minimum atomic E-state index is -0.342. The smallest absolute Gasteiger partial charge is 0.266 e. The predicted octanol–water partition coefficient (Wildman–Crippen LogP) is 3.29. The molecule has 0 fully saturated rings. The Morgan fingerprint density at radius 1 is 1.22 bits per heavy atom. The fourth-order valence-electron chi connectivity index (χ4n) is 1.92. The molecule has 1 heterocycles. The van der Waals surface area contributed by atoms with Crippen LogP contribution >= 0.6 is 15.9 Å². The van der Waals surface area contributed by atoms with Gasteiger partial charge in [0.2, 0.25) is 0 Å². The molecule has 0 atom stereocenters. The van der Waals surface area contributed by atoms with Crippen molar-refractivity contribution in [2.24, 2.45) is 0 Å². The highest BCUT2D eigenvalue weighted by atomic mass is 79.9. The van der Waals surface area contributed by atoms with Gasteiger partial charge in [0.1, 0.15) is 11.6 Å². The van der Waals surface area contributed by atoms with E-state index in [-0.39, 0.29) is 11.1 Å². The van der Waals surface area contributed by atoms with Crippen LogP contribution in [0.15, 0.2) is 33.5 Å². The lowest BCUT2D eigenvalue weighted by Gasteiger charge is -2.07. The molecule has 0 aliphatic rings. The van der Waals surface area contributed by atoms with Gasteiger partial charge in [-0.3, -0.25) is 4.79 Å². The molecule has 0 radical (unpaired) electrons. The van der Waals surface area contributed by atoms with Gasteiger partial charge in [-0.2, -0.15) is 5.26 Å². The Bertz CT molecular complexity index is 690. The van der Waals surface area contributed by atoms with Crippen LogP contribution in [0.25, 0.3) is 11.1 Å². The van der Waals surface area contributed by atoms with Crippen molar-refractivity contribution in [3.05, 3.63) is 55.9 Å². The molecule has 2 rings (SSSR count). The van der Waals surface area contributed by atoms with Crippen LogP contribution in [0.4, 0.5) is 0 Å². The molecule has 1 N–H and O–H groups in total. The summed E-state index contributed by atoms with van der Waals surface area (Å²) in [5.74, 6) is 0. The Labute approximate surface area is 113 Å². The molecule has 2 aromatic rings. The summed E-state index contributed by atoms with van der Waals surface area (Å²) in [6.45, 7) is 3.78. The van der Waals surface area contributed by atoms with Gasteiger partial charge in [-0.25, -0.2) is 0 Å². The normalized spacial score (nSPS) is 10.1. The number of nitrogens with zero attached hydrogens (tertiary/aromatic N) is 1. The van der Waals surface area contributed by atoms with E-state index in [2.05, 4.69) is 20.9 Å². The third-order valence-corrected chi connectivity index (χ3v) is 3.09. The summed E-state index contributed by atoms with van der Waals surface area (Å²) in [6, 6.07) is 9.63. The number of hydrogen-bond acceptors (Lipinski definition) is 2. The van der Waals surface area contributed by atoms with Gasteiger partial charge in [0.15, 0.2) is 0 Å². The van der Waals surface area contributed by atoms with Crippen LogP contribution in [-0.4, -0.2) is 4.98 Å². The van der Waals surface area contributed by atoms with Crippen molar-refractivity contribution in [3.63, 3.8) is 0 Å². The van der Waals surface area contributed by atoms with Crippen LogP contribution in [0, 0.1) is 25.2 Å². The molecule has 0 aliphatic carbocycles. The number of aryl methyl sites for hydroxylation is 2. The van der Waals surface area contributed by atoms with Gasteiger partial charge in [0, 0.05) is 15.7 Å². The number of nitrogens with one attached hydrogen (secondary N) is 1. The second kappa shape index (κ2) is 4.79. The lowest BCUT2D eigenvalue weighted by atomic mass is 9.99. The summed E-state index contributed by atoms with van der Waals surface area (Å²) in [4.78, 5) is 14.4. The Hall–Kier alpha value is -1.86. The summed E-state index contributed by atoms with van der Waals surface area (Å²) in [6.07, 6.45) is 0. The molecule has 0 unspecified atom stereocenters. The van der Waals surface area contributed by atoms with Gasteiger partial charge in [-0.15, -0.1) is 0 Å². The largest absolute Gasteiger partial charge is 0.325 e. The van der Waals surface area contributed by atoms with E-state index in [1.54, 1.807) is 6.92 Å². The highest BCUT2D eigenvalue weighted by molar-refractivity contribution is 9.10. The number of aromatic amines is 1. The molecular weight excluding hydrogens is 292 g/mol. The maximum atomic E-state index is 11.7. The first-order valence-electron chi connectivity index (χ1n) is 5.43. The Morgan fingerprint density at radius 3 is 2.56 bits per heavy atom. The van der Waals surface area contributed by atoms with Crippen LogP contribution in [0.3, 0.4) is 0 Å². The number of pyridine rings is 1. The van der Waals surface area contributed by atoms with Crippen molar-refractivity contribution in [1.82, 2.24) is 4.98 Å². The minimum absolute atomic E-state index is 0.151. The number of benzene rings is 1. The molecular formula is C14H11BrN2O. The van der Waals surface area contributed by atoms with Crippen molar-refractivity contribution >= 4 is 15.9 Å². The van der Waals surface area contributed by atoms with Crippen molar-refractivity contribution in [2.45, 2.75) is 13.8 Å². The van der Waals surface area contributed by atoms with E-state index in [9.17, 15) is 4.79 Å². The highest BCUT2D eigenvalue weighted by Gasteiger charge is 2.10. The predicted molar refractivity (Wildman–Crippen MR) is 74.4 cm³/mol. The summed E-state index contributed by atoms with van der Waals surface area (Å²) in [5.41, 5.74) is 3.16. The molecule has 0 saturated carbocycles. The minimum Gasteiger partial charge on any atom is -0.325 e. The number of H-pyrrole nitrogens is 1. The summed E-state index contributed by atoms with van der Waals surface area (Å²) in [7, 11) is 0. The van der Waals surface area contributed by atoms with Crippen molar-refractivity contribution in [3.8, 4) is 17.2 Å². The molecule has 3 nitrogen and oxygen atoms in total. The van der Waals surface area contributed by atoms with Gasteiger partial charge >= 0.3 is 0 Å². The zero-order valence-corrected chi connectivity index (χ0v) is 11.6. The average molecular weight is 303 g/mol. The average Bonchev–Trinajstić information content (AvgIpc) is 2.26. The lowest BCUT2D eigenvalue weighted by Crippen LogP contribution is -2.12. The second-order valence-electron chi connectivity index (χ2n) is 4.20. The van der Waals surface area contributed by atoms with Crippen LogP contribution in [0.2, 0.25) is 0 Å². The summed E-state index contributed by atoms with van der Waals surface area (Å²) < 4.78 is 0.930. The molecule has 0 spiro atoms. The molecule has 1 aromatic carbocycles. The quantitative estimate of drug-likeness (QED) is 0.879. The number of nitriles is 1.